The smallest absolute Gasteiger partial charge is 0.159 e. The van der Waals surface area contributed by atoms with Crippen LogP contribution in [0.4, 0.5) is 8.78 Å². The van der Waals surface area contributed by atoms with Gasteiger partial charge < -0.3 is 5.73 Å². The van der Waals surface area contributed by atoms with Crippen LogP contribution in [0.2, 0.25) is 0 Å². The lowest BCUT2D eigenvalue weighted by atomic mass is 9.75. The number of hydrogen-bond acceptors (Lipinski definition) is 1. The summed E-state index contributed by atoms with van der Waals surface area (Å²) in [6, 6.07) is 4.30. The van der Waals surface area contributed by atoms with Gasteiger partial charge in [-0.05, 0) is 55.3 Å². The number of benzene rings is 1. The number of rotatable bonds is 4. The van der Waals surface area contributed by atoms with Crippen LogP contribution in [0.15, 0.2) is 18.2 Å². The lowest BCUT2D eigenvalue weighted by molar-refractivity contribution is 0.295. The van der Waals surface area contributed by atoms with Crippen LogP contribution in [0.1, 0.15) is 50.0 Å². The first-order chi connectivity index (χ1) is 8.72. The zero-order chi connectivity index (χ0) is 13.0. The molecular formula is C15H21F2N. The third-order valence-corrected chi connectivity index (χ3v) is 4.07. The molecule has 2 N–H and O–H groups in total. The molecule has 1 atom stereocenters. The number of halogens is 2. The van der Waals surface area contributed by atoms with Crippen molar-refractivity contribution in [3.63, 3.8) is 0 Å². The minimum Gasteiger partial charge on any atom is -0.330 e. The fourth-order valence-corrected chi connectivity index (χ4v) is 3.13. The maximum Gasteiger partial charge on any atom is 0.159 e. The summed E-state index contributed by atoms with van der Waals surface area (Å²) in [5.74, 6) is -0.656. The molecular weight excluding hydrogens is 232 g/mol. The van der Waals surface area contributed by atoms with Crippen LogP contribution in [0, 0.1) is 17.6 Å². The summed E-state index contributed by atoms with van der Waals surface area (Å²) in [6.07, 6.45) is 7.01. The third kappa shape index (κ3) is 3.08. The Morgan fingerprint density at radius 3 is 2.44 bits per heavy atom. The van der Waals surface area contributed by atoms with E-state index in [0.717, 1.165) is 12.0 Å². The molecule has 1 unspecified atom stereocenters. The summed E-state index contributed by atoms with van der Waals surface area (Å²) in [5.41, 5.74) is 6.58. The second kappa shape index (κ2) is 6.28. The third-order valence-electron chi connectivity index (χ3n) is 4.07. The van der Waals surface area contributed by atoms with Crippen LogP contribution < -0.4 is 5.73 Å². The molecule has 1 aliphatic carbocycles. The van der Waals surface area contributed by atoms with E-state index in [1.165, 1.54) is 44.2 Å². The van der Waals surface area contributed by atoms with Crippen LogP contribution in [0.3, 0.4) is 0 Å². The van der Waals surface area contributed by atoms with Gasteiger partial charge in [-0.1, -0.05) is 25.3 Å². The van der Waals surface area contributed by atoms with E-state index in [1.54, 1.807) is 6.07 Å². The monoisotopic (exact) mass is 253 g/mol. The molecule has 100 valence electrons. The van der Waals surface area contributed by atoms with E-state index in [9.17, 15) is 8.78 Å². The van der Waals surface area contributed by atoms with E-state index in [0.29, 0.717) is 12.5 Å². The highest BCUT2D eigenvalue weighted by Crippen LogP contribution is 2.38. The largest absolute Gasteiger partial charge is 0.330 e. The fraction of sp³-hybridized carbons (Fsp3) is 0.600. The minimum absolute atomic E-state index is 0.283. The molecule has 0 saturated heterocycles. The molecule has 0 aliphatic heterocycles. The standard InChI is InChI=1S/C15H21F2N/c16-14-7-6-12(10-15(14)17)13(8-9-18)11-4-2-1-3-5-11/h6-7,10-11,13H,1-5,8-9,18H2. The molecule has 0 spiro atoms. The second-order valence-electron chi connectivity index (χ2n) is 5.26. The van der Waals surface area contributed by atoms with Crippen molar-refractivity contribution < 1.29 is 8.78 Å². The van der Waals surface area contributed by atoms with E-state index in [-0.39, 0.29) is 5.92 Å². The second-order valence-corrected chi connectivity index (χ2v) is 5.26. The van der Waals surface area contributed by atoms with Gasteiger partial charge >= 0.3 is 0 Å². The quantitative estimate of drug-likeness (QED) is 0.863. The van der Waals surface area contributed by atoms with Gasteiger partial charge in [0.2, 0.25) is 0 Å². The van der Waals surface area contributed by atoms with E-state index < -0.39 is 11.6 Å². The van der Waals surface area contributed by atoms with E-state index in [1.807, 2.05) is 0 Å². The highest BCUT2D eigenvalue weighted by molar-refractivity contribution is 5.22. The molecule has 18 heavy (non-hydrogen) atoms. The van der Waals surface area contributed by atoms with Crippen LogP contribution in [0.25, 0.3) is 0 Å². The van der Waals surface area contributed by atoms with E-state index in [4.69, 9.17) is 5.73 Å². The molecule has 0 aromatic heterocycles. The van der Waals surface area contributed by atoms with Crippen molar-refractivity contribution in [2.75, 3.05) is 6.54 Å². The maximum atomic E-state index is 13.3. The predicted octanol–water partition coefficient (Wildman–Crippen LogP) is 3.98. The number of hydrogen-bond donors (Lipinski definition) is 1. The molecule has 1 aliphatic rings. The Morgan fingerprint density at radius 2 is 1.83 bits per heavy atom. The lowest BCUT2D eigenvalue weighted by Gasteiger charge is -2.30. The first-order valence-corrected chi connectivity index (χ1v) is 6.87. The van der Waals surface area contributed by atoms with Crippen LogP contribution >= 0.6 is 0 Å². The van der Waals surface area contributed by atoms with Crippen molar-refractivity contribution in [2.45, 2.75) is 44.4 Å². The zero-order valence-electron chi connectivity index (χ0n) is 10.7. The van der Waals surface area contributed by atoms with Crippen molar-refractivity contribution in [3.8, 4) is 0 Å². The summed E-state index contributed by atoms with van der Waals surface area (Å²) in [7, 11) is 0. The molecule has 3 heteroatoms. The molecule has 2 rings (SSSR count). The molecule has 0 heterocycles. The van der Waals surface area contributed by atoms with Gasteiger partial charge in [-0.15, -0.1) is 0 Å². The van der Waals surface area contributed by atoms with Crippen molar-refractivity contribution >= 4 is 0 Å². The summed E-state index contributed by atoms with van der Waals surface area (Å²) in [4.78, 5) is 0. The highest BCUT2D eigenvalue weighted by atomic mass is 19.2. The highest BCUT2D eigenvalue weighted by Gasteiger charge is 2.25. The van der Waals surface area contributed by atoms with Crippen LogP contribution in [-0.2, 0) is 0 Å². The Morgan fingerprint density at radius 1 is 1.11 bits per heavy atom. The molecule has 0 radical (unpaired) electrons. The molecule has 0 amide bonds. The molecule has 1 fully saturated rings. The SMILES string of the molecule is NCCC(c1ccc(F)c(F)c1)C1CCCCC1. The van der Waals surface area contributed by atoms with E-state index >= 15 is 0 Å². The first-order valence-electron chi connectivity index (χ1n) is 6.87. The normalized spacial score (nSPS) is 18.8. The van der Waals surface area contributed by atoms with Crippen molar-refractivity contribution in [2.24, 2.45) is 11.7 Å². The summed E-state index contributed by atoms with van der Waals surface area (Å²) in [5, 5.41) is 0. The number of nitrogens with two attached hydrogens (primary N) is 1. The molecule has 1 saturated carbocycles. The molecule has 1 aromatic rings. The lowest BCUT2D eigenvalue weighted by Crippen LogP contribution is -2.19. The Balaban J connectivity index is 2.19. The van der Waals surface area contributed by atoms with E-state index in [2.05, 4.69) is 0 Å². The van der Waals surface area contributed by atoms with Gasteiger partial charge in [0.05, 0.1) is 0 Å². The molecule has 1 nitrogen and oxygen atoms in total. The predicted molar refractivity (Wildman–Crippen MR) is 69.3 cm³/mol. The molecule has 0 bridgehead atoms. The van der Waals surface area contributed by atoms with Gasteiger partial charge in [0.25, 0.3) is 0 Å². The average molecular weight is 253 g/mol. The Hall–Kier alpha value is -0.960. The van der Waals surface area contributed by atoms with Crippen LogP contribution in [0.5, 0.6) is 0 Å². The van der Waals surface area contributed by atoms with Gasteiger partial charge in [-0.2, -0.15) is 0 Å². The Bertz CT molecular complexity index is 386. The van der Waals surface area contributed by atoms with Gasteiger partial charge in [-0.25, -0.2) is 8.78 Å². The van der Waals surface area contributed by atoms with Crippen molar-refractivity contribution in [1.29, 1.82) is 0 Å². The van der Waals surface area contributed by atoms with Gasteiger partial charge in [0, 0.05) is 0 Å². The zero-order valence-corrected chi connectivity index (χ0v) is 10.7. The molecule has 1 aromatic carbocycles. The van der Waals surface area contributed by atoms with Gasteiger partial charge in [0.1, 0.15) is 0 Å². The van der Waals surface area contributed by atoms with Crippen molar-refractivity contribution in [3.05, 3.63) is 35.4 Å². The summed E-state index contributed by atoms with van der Waals surface area (Å²) in [6.45, 7) is 0.597. The van der Waals surface area contributed by atoms with Gasteiger partial charge in [-0.3, -0.25) is 0 Å². The fourth-order valence-electron chi connectivity index (χ4n) is 3.13. The summed E-state index contributed by atoms with van der Waals surface area (Å²) < 4.78 is 26.3. The maximum absolute atomic E-state index is 13.3. The topological polar surface area (TPSA) is 26.0 Å². The Labute approximate surface area is 107 Å². The average Bonchev–Trinajstić information content (AvgIpc) is 2.40. The van der Waals surface area contributed by atoms with Crippen molar-refractivity contribution in [1.82, 2.24) is 0 Å². The Kier molecular flexibility index (Phi) is 4.70. The van der Waals surface area contributed by atoms with Gasteiger partial charge in [0.15, 0.2) is 11.6 Å². The summed E-state index contributed by atoms with van der Waals surface area (Å²) >= 11 is 0. The first kappa shape index (κ1) is 13.5. The van der Waals surface area contributed by atoms with Crippen LogP contribution in [-0.4, -0.2) is 6.54 Å². The minimum atomic E-state index is -0.770.